The first-order valence-electron chi connectivity index (χ1n) is 10.2. The molecule has 2 fully saturated rings. The van der Waals surface area contributed by atoms with E-state index in [0.717, 1.165) is 24.0 Å². The van der Waals surface area contributed by atoms with Crippen molar-refractivity contribution in [3.05, 3.63) is 34.6 Å². The predicted octanol–water partition coefficient (Wildman–Crippen LogP) is 7.13. The number of rotatable bonds is 7. The number of fused-ring (bicyclic) bond motifs is 1. The van der Waals surface area contributed by atoms with Crippen molar-refractivity contribution in [2.75, 3.05) is 6.61 Å². The van der Waals surface area contributed by atoms with E-state index >= 15 is 0 Å². The van der Waals surface area contributed by atoms with Crippen molar-refractivity contribution in [1.29, 1.82) is 0 Å². The molecule has 0 bridgehead atoms. The van der Waals surface area contributed by atoms with E-state index in [0.29, 0.717) is 12.0 Å². The van der Waals surface area contributed by atoms with Crippen LogP contribution in [0.4, 0.5) is 4.39 Å². The fraction of sp³-hybridized carbons (Fsp3) is 0.727. The Hall–Kier alpha value is -0.600. The summed E-state index contributed by atoms with van der Waals surface area (Å²) in [5.41, 5.74) is 1.13. The van der Waals surface area contributed by atoms with Crippen LogP contribution in [0.1, 0.15) is 82.6 Å². The van der Waals surface area contributed by atoms with E-state index in [1.165, 1.54) is 64.2 Å². The van der Waals surface area contributed by atoms with Crippen molar-refractivity contribution in [1.82, 2.24) is 0 Å². The quantitative estimate of drug-likeness (QED) is 0.466. The van der Waals surface area contributed by atoms with Crippen LogP contribution in [0.5, 0.6) is 0 Å². The zero-order valence-electron chi connectivity index (χ0n) is 15.5. The minimum atomic E-state index is -0.276. The third-order valence-corrected chi connectivity index (χ3v) is 6.64. The number of benzene rings is 1. The molecule has 1 nitrogen and oxygen atoms in total. The van der Waals surface area contributed by atoms with Gasteiger partial charge in [-0.15, -0.1) is 0 Å². The molecule has 1 aromatic rings. The highest BCUT2D eigenvalue weighted by Gasteiger charge is 2.36. The number of ether oxygens (including phenoxy) is 1. The van der Waals surface area contributed by atoms with Gasteiger partial charge in [0.1, 0.15) is 5.82 Å². The number of unbranched alkanes of at least 4 members (excludes halogenated alkanes) is 3. The van der Waals surface area contributed by atoms with Crippen molar-refractivity contribution in [3.63, 3.8) is 0 Å². The maximum Gasteiger partial charge on any atom is 0.142 e. The van der Waals surface area contributed by atoms with Gasteiger partial charge in [0.05, 0.1) is 11.1 Å². The summed E-state index contributed by atoms with van der Waals surface area (Å²) in [5, 5.41) is 0.231. The first kappa shape index (κ1) is 19.2. The van der Waals surface area contributed by atoms with E-state index in [4.69, 9.17) is 16.3 Å². The second kappa shape index (κ2) is 9.37. The van der Waals surface area contributed by atoms with Gasteiger partial charge in [-0.3, -0.25) is 0 Å². The smallest absolute Gasteiger partial charge is 0.142 e. The molecule has 3 heteroatoms. The lowest BCUT2D eigenvalue weighted by atomic mass is 9.65. The SMILES string of the molecule is CCCCCCOC1CCC2CC(c3ccc(Cl)c(F)c3)CCC2C1. The second-order valence-corrected chi connectivity index (χ2v) is 8.48. The summed E-state index contributed by atoms with van der Waals surface area (Å²) in [6.45, 7) is 3.19. The fourth-order valence-corrected chi connectivity index (χ4v) is 4.96. The average Bonchev–Trinajstić information content (AvgIpc) is 2.63. The Morgan fingerprint density at radius 1 is 1.04 bits per heavy atom. The summed E-state index contributed by atoms with van der Waals surface area (Å²) in [5.74, 6) is 1.82. The lowest BCUT2D eigenvalue weighted by Crippen LogP contribution is -2.34. The van der Waals surface area contributed by atoms with Gasteiger partial charge in [0.2, 0.25) is 0 Å². The minimum Gasteiger partial charge on any atom is -0.378 e. The van der Waals surface area contributed by atoms with Crippen molar-refractivity contribution >= 4 is 11.6 Å². The van der Waals surface area contributed by atoms with E-state index in [9.17, 15) is 4.39 Å². The van der Waals surface area contributed by atoms with Crippen LogP contribution in [0.2, 0.25) is 5.02 Å². The molecule has 0 N–H and O–H groups in total. The standard InChI is InChI=1S/C22H32ClFO/c1-2-3-4-5-12-25-20-10-8-17-13-16(6-7-18(17)14-20)19-9-11-21(23)22(24)15-19/h9,11,15-18,20H,2-8,10,12-14H2,1H3. The van der Waals surface area contributed by atoms with Crippen LogP contribution >= 0.6 is 11.6 Å². The molecule has 0 saturated heterocycles. The molecular weight excluding hydrogens is 335 g/mol. The Morgan fingerprint density at radius 3 is 2.64 bits per heavy atom. The molecule has 1 aromatic carbocycles. The molecule has 25 heavy (non-hydrogen) atoms. The zero-order valence-corrected chi connectivity index (χ0v) is 16.2. The van der Waals surface area contributed by atoms with Crippen LogP contribution in [0, 0.1) is 17.7 Å². The van der Waals surface area contributed by atoms with Gasteiger partial charge in [0, 0.05) is 6.61 Å². The lowest BCUT2D eigenvalue weighted by Gasteiger charge is -2.42. The normalized spacial score (nSPS) is 29.4. The molecular formula is C22H32ClFO. The summed E-state index contributed by atoms with van der Waals surface area (Å²) in [4.78, 5) is 0. The van der Waals surface area contributed by atoms with Gasteiger partial charge >= 0.3 is 0 Å². The summed E-state index contributed by atoms with van der Waals surface area (Å²) in [6, 6.07) is 5.38. The van der Waals surface area contributed by atoms with Crippen LogP contribution in [0.25, 0.3) is 0 Å². The largest absolute Gasteiger partial charge is 0.378 e. The molecule has 2 aliphatic rings. The fourth-order valence-electron chi connectivity index (χ4n) is 4.85. The van der Waals surface area contributed by atoms with Gasteiger partial charge in [-0.05, 0) is 80.4 Å². The Bertz CT molecular complexity index is 547. The zero-order chi connectivity index (χ0) is 17.6. The third kappa shape index (κ3) is 5.20. The van der Waals surface area contributed by atoms with E-state index in [-0.39, 0.29) is 10.8 Å². The maximum atomic E-state index is 13.8. The van der Waals surface area contributed by atoms with Crippen LogP contribution in [-0.4, -0.2) is 12.7 Å². The monoisotopic (exact) mass is 366 g/mol. The van der Waals surface area contributed by atoms with Crippen LogP contribution in [0.3, 0.4) is 0 Å². The first-order valence-corrected chi connectivity index (χ1v) is 10.6. The van der Waals surface area contributed by atoms with E-state index in [1.54, 1.807) is 12.1 Å². The number of halogens is 2. The highest BCUT2D eigenvalue weighted by atomic mass is 35.5. The maximum absolute atomic E-state index is 13.8. The molecule has 4 atom stereocenters. The van der Waals surface area contributed by atoms with Crippen molar-refractivity contribution < 1.29 is 9.13 Å². The summed E-state index contributed by atoms with van der Waals surface area (Å²) >= 11 is 5.83. The topological polar surface area (TPSA) is 9.23 Å². The van der Waals surface area contributed by atoms with Gasteiger partial charge in [0.25, 0.3) is 0 Å². The van der Waals surface area contributed by atoms with Gasteiger partial charge in [0.15, 0.2) is 0 Å². The Morgan fingerprint density at radius 2 is 1.84 bits per heavy atom. The molecule has 2 aliphatic carbocycles. The highest BCUT2D eigenvalue weighted by Crippen LogP contribution is 2.46. The molecule has 0 amide bonds. The molecule has 4 unspecified atom stereocenters. The Labute approximate surface area is 157 Å². The minimum absolute atomic E-state index is 0.231. The van der Waals surface area contributed by atoms with Crippen molar-refractivity contribution in [2.24, 2.45) is 11.8 Å². The Balaban J connectivity index is 1.46. The summed E-state index contributed by atoms with van der Waals surface area (Å²) in [6.07, 6.45) is 12.9. The molecule has 0 radical (unpaired) electrons. The number of hydrogen-bond donors (Lipinski definition) is 0. The van der Waals surface area contributed by atoms with E-state index < -0.39 is 0 Å². The van der Waals surface area contributed by atoms with Gasteiger partial charge in [-0.2, -0.15) is 0 Å². The first-order chi connectivity index (χ1) is 12.2. The Kier molecular flexibility index (Phi) is 7.18. The predicted molar refractivity (Wildman–Crippen MR) is 103 cm³/mol. The third-order valence-electron chi connectivity index (χ3n) is 6.33. The summed E-state index contributed by atoms with van der Waals surface area (Å²) in [7, 11) is 0. The van der Waals surface area contributed by atoms with Gasteiger partial charge in [-0.1, -0.05) is 43.9 Å². The lowest BCUT2D eigenvalue weighted by molar-refractivity contribution is -0.0163. The summed E-state index contributed by atoms with van der Waals surface area (Å²) < 4.78 is 19.9. The van der Waals surface area contributed by atoms with Gasteiger partial charge < -0.3 is 4.74 Å². The molecule has 140 valence electrons. The molecule has 0 heterocycles. The molecule has 2 saturated carbocycles. The van der Waals surface area contributed by atoms with Crippen LogP contribution in [0.15, 0.2) is 18.2 Å². The van der Waals surface area contributed by atoms with E-state index in [2.05, 4.69) is 6.92 Å². The molecule has 0 spiro atoms. The van der Waals surface area contributed by atoms with Crippen LogP contribution < -0.4 is 0 Å². The van der Waals surface area contributed by atoms with Crippen molar-refractivity contribution in [2.45, 2.75) is 83.2 Å². The highest BCUT2D eigenvalue weighted by molar-refractivity contribution is 6.30. The van der Waals surface area contributed by atoms with Crippen LogP contribution in [-0.2, 0) is 4.74 Å². The number of hydrogen-bond acceptors (Lipinski definition) is 1. The van der Waals surface area contributed by atoms with Gasteiger partial charge in [-0.25, -0.2) is 4.39 Å². The molecule has 0 aromatic heterocycles. The van der Waals surface area contributed by atoms with E-state index in [1.807, 2.05) is 6.07 Å². The average molecular weight is 367 g/mol. The second-order valence-electron chi connectivity index (χ2n) is 8.07. The molecule has 3 rings (SSSR count). The van der Waals surface area contributed by atoms with Crippen molar-refractivity contribution in [3.8, 4) is 0 Å². The molecule has 0 aliphatic heterocycles.